The minimum atomic E-state index is 0.592. The van der Waals surface area contributed by atoms with Gasteiger partial charge in [-0.2, -0.15) is 0 Å². The third kappa shape index (κ3) is 4.05. The van der Waals surface area contributed by atoms with Gasteiger partial charge in [0.2, 0.25) is 0 Å². The summed E-state index contributed by atoms with van der Waals surface area (Å²) >= 11 is 0. The van der Waals surface area contributed by atoms with E-state index in [-0.39, 0.29) is 0 Å². The number of aromatic nitrogens is 1. The Hall–Kier alpha value is -0.870. The van der Waals surface area contributed by atoms with E-state index in [0.29, 0.717) is 18.6 Å². The molecule has 0 aromatic carbocycles. The van der Waals surface area contributed by atoms with Crippen LogP contribution in [0, 0.1) is 0 Å². The molecule has 2 rings (SSSR count). The van der Waals surface area contributed by atoms with Crippen molar-refractivity contribution in [3.63, 3.8) is 0 Å². The van der Waals surface area contributed by atoms with Gasteiger partial charge in [0.1, 0.15) is 6.26 Å². The van der Waals surface area contributed by atoms with Crippen molar-refractivity contribution in [1.82, 2.24) is 9.88 Å². The van der Waals surface area contributed by atoms with Gasteiger partial charge >= 0.3 is 0 Å². The van der Waals surface area contributed by atoms with Crippen LogP contribution in [0.4, 0.5) is 0 Å². The molecule has 1 atom stereocenters. The van der Waals surface area contributed by atoms with E-state index in [4.69, 9.17) is 10.2 Å². The van der Waals surface area contributed by atoms with E-state index < -0.39 is 0 Å². The van der Waals surface area contributed by atoms with E-state index in [1.165, 1.54) is 25.8 Å². The molecule has 0 amide bonds. The van der Waals surface area contributed by atoms with Gasteiger partial charge in [-0.3, -0.25) is 4.90 Å². The van der Waals surface area contributed by atoms with E-state index in [0.717, 1.165) is 30.8 Å². The Kier molecular flexibility index (Phi) is 5.40. The van der Waals surface area contributed by atoms with Crippen LogP contribution in [-0.2, 0) is 12.8 Å². The predicted molar refractivity (Wildman–Crippen MR) is 77.1 cm³/mol. The summed E-state index contributed by atoms with van der Waals surface area (Å²) in [4.78, 5) is 7.18. The largest absolute Gasteiger partial charge is 0.449 e. The number of piperidine rings is 1. The fourth-order valence-corrected chi connectivity index (χ4v) is 2.96. The van der Waals surface area contributed by atoms with Gasteiger partial charge in [0.15, 0.2) is 5.89 Å². The van der Waals surface area contributed by atoms with Crippen LogP contribution in [-0.4, -0.2) is 35.1 Å². The van der Waals surface area contributed by atoms with E-state index in [1.54, 1.807) is 6.26 Å². The third-order valence-corrected chi connectivity index (χ3v) is 3.98. The zero-order valence-corrected chi connectivity index (χ0v) is 12.3. The van der Waals surface area contributed by atoms with Gasteiger partial charge in [-0.15, -0.1) is 0 Å². The highest BCUT2D eigenvalue weighted by Gasteiger charge is 2.25. The van der Waals surface area contributed by atoms with Crippen LogP contribution in [0.2, 0.25) is 0 Å². The summed E-state index contributed by atoms with van der Waals surface area (Å²) in [5.41, 5.74) is 6.57. The topological polar surface area (TPSA) is 55.3 Å². The maximum absolute atomic E-state index is 5.61. The summed E-state index contributed by atoms with van der Waals surface area (Å²) in [5, 5.41) is 0. The van der Waals surface area contributed by atoms with Crippen molar-refractivity contribution in [3.8, 4) is 0 Å². The molecule has 1 aliphatic rings. The smallest absolute Gasteiger partial charge is 0.195 e. The summed E-state index contributed by atoms with van der Waals surface area (Å²) in [6, 6.07) is 1.20. The van der Waals surface area contributed by atoms with Crippen molar-refractivity contribution in [2.45, 2.75) is 64.5 Å². The second kappa shape index (κ2) is 7.06. The number of oxazole rings is 1. The molecule has 2 N–H and O–H groups in total. The van der Waals surface area contributed by atoms with Crippen LogP contribution in [0.3, 0.4) is 0 Å². The molecule has 0 bridgehead atoms. The van der Waals surface area contributed by atoms with Crippen LogP contribution < -0.4 is 5.73 Å². The lowest BCUT2D eigenvalue weighted by Crippen LogP contribution is -2.45. The van der Waals surface area contributed by atoms with Crippen LogP contribution in [0.5, 0.6) is 0 Å². The van der Waals surface area contributed by atoms with Gasteiger partial charge in [0.25, 0.3) is 0 Å². The average molecular weight is 265 g/mol. The lowest BCUT2D eigenvalue weighted by atomic mass is 9.98. The molecular weight excluding hydrogens is 238 g/mol. The Labute approximate surface area is 116 Å². The number of likely N-dealkylation sites (tertiary alicyclic amines) is 1. The van der Waals surface area contributed by atoms with Gasteiger partial charge in [0, 0.05) is 18.5 Å². The molecule has 108 valence electrons. The molecule has 0 saturated carbocycles. The number of nitrogens with zero attached hydrogens (tertiary/aromatic N) is 2. The Morgan fingerprint density at radius 2 is 2.32 bits per heavy atom. The minimum absolute atomic E-state index is 0.592. The Morgan fingerprint density at radius 1 is 1.47 bits per heavy atom. The minimum Gasteiger partial charge on any atom is -0.449 e. The van der Waals surface area contributed by atoms with Gasteiger partial charge < -0.3 is 10.2 Å². The first-order valence-corrected chi connectivity index (χ1v) is 7.59. The highest BCUT2D eigenvalue weighted by atomic mass is 16.3. The highest BCUT2D eigenvalue weighted by molar-refractivity contribution is 4.99. The Balaban J connectivity index is 1.93. The molecule has 0 radical (unpaired) electrons. The summed E-state index contributed by atoms with van der Waals surface area (Å²) in [6.45, 7) is 6.48. The number of hydrogen-bond donors (Lipinski definition) is 1. The third-order valence-electron chi connectivity index (χ3n) is 3.98. The standard InChI is InChI=1S/C15H27N3O/c1-12(2)18-9-4-3-7-14(18)10-15-17-13(11-19-15)6-5-8-16/h11-12,14H,3-10,16H2,1-2H3. The molecule has 19 heavy (non-hydrogen) atoms. The fraction of sp³-hybridized carbons (Fsp3) is 0.800. The molecule has 1 saturated heterocycles. The van der Waals surface area contributed by atoms with Crippen LogP contribution >= 0.6 is 0 Å². The van der Waals surface area contributed by atoms with Gasteiger partial charge in [-0.05, 0) is 52.6 Å². The van der Waals surface area contributed by atoms with Crippen LogP contribution in [0.1, 0.15) is 51.1 Å². The molecular formula is C15H27N3O. The molecule has 4 heteroatoms. The maximum atomic E-state index is 5.61. The van der Waals surface area contributed by atoms with E-state index in [1.807, 2.05) is 0 Å². The zero-order chi connectivity index (χ0) is 13.7. The second-order valence-corrected chi connectivity index (χ2v) is 5.81. The molecule has 0 aliphatic carbocycles. The van der Waals surface area contributed by atoms with E-state index >= 15 is 0 Å². The van der Waals surface area contributed by atoms with Crippen LogP contribution in [0.25, 0.3) is 0 Å². The zero-order valence-electron chi connectivity index (χ0n) is 12.3. The molecule has 1 aromatic heterocycles. The Bertz CT molecular complexity index is 375. The van der Waals surface area contributed by atoms with Crippen molar-refractivity contribution < 1.29 is 4.42 Å². The normalized spacial score (nSPS) is 21.2. The highest BCUT2D eigenvalue weighted by Crippen LogP contribution is 2.22. The SMILES string of the molecule is CC(C)N1CCCCC1Cc1nc(CCCN)co1. The molecule has 1 unspecified atom stereocenters. The van der Waals surface area contributed by atoms with E-state index in [9.17, 15) is 0 Å². The van der Waals surface area contributed by atoms with Gasteiger partial charge in [0.05, 0.1) is 5.69 Å². The van der Waals surface area contributed by atoms with Gasteiger partial charge in [-0.1, -0.05) is 6.42 Å². The first-order chi connectivity index (χ1) is 9.20. The lowest BCUT2D eigenvalue weighted by molar-refractivity contribution is 0.107. The van der Waals surface area contributed by atoms with Crippen molar-refractivity contribution in [3.05, 3.63) is 17.8 Å². The van der Waals surface area contributed by atoms with Crippen molar-refractivity contribution >= 4 is 0 Å². The Morgan fingerprint density at radius 3 is 3.05 bits per heavy atom. The predicted octanol–water partition coefficient (Wildman–Crippen LogP) is 2.37. The molecule has 1 aliphatic heterocycles. The summed E-state index contributed by atoms with van der Waals surface area (Å²) in [5.74, 6) is 0.893. The number of hydrogen-bond acceptors (Lipinski definition) is 4. The lowest BCUT2D eigenvalue weighted by Gasteiger charge is -2.38. The van der Waals surface area contributed by atoms with Crippen molar-refractivity contribution in [2.75, 3.05) is 13.1 Å². The molecule has 1 aromatic rings. The summed E-state index contributed by atoms with van der Waals surface area (Å²) in [6.07, 6.45) is 8.57. The number of rotatable bonds is 6. The first kappa shape index (κ1) is 14.5. The first-order valence-electron chi connectivity index (χ1n) is 7.59. The average Bonchev–Trinajstić information content (AvgIpc) is 2.84. The van der Waals surface area contributed by atoms with Crippen molar-refractivity contribution in [2.24, 2.45) is 5.73 Å². The fourth-order valence-electron chi connectivity index (χ4n) is 2.96. The van der Waals surface area contributed by atoms with Crippen LogP contribution in [0.15, 0.2) is 10.7 Å². The monoisotopic (exact) mass is 265 g/mol. The van der Waals surface area contributed by atoms with E-state index in [2.05, 4.69) is 23.7 Å². The maximum Gasteiger partial charge on any atom is 0.195 e. The quantitative estimate of drug-likeness (QED) is 0.858. The van der Waals surface area contributed by atoms with Crippen molar-refractivity contribution in [1.29, 1.82) is 0 Å². The summed E-state index contributed by atoms with van der Waals surface area (Å²) in [7, 11) is 0. The molecule has 2 heterocycles. The molecule has 4 nitrogen and oxygen atoms in total. The molecule has 1 fully saturated rings. The number of aryl methyl sites for hydroxylation is 1. The second-order valence-electron chi connectivity index (χ2n) is 5.81. The number of nitrogens with two attached hydrogens (primary N) is 1. The molecule has 0 spiro atoms. The van der Waals surface area contributed by atoms with Gasteiger partial charge in [-0.25, -0.2) is 4.98 Å². The summed E-state index contributed by atoms with van der Waals surface area (Å²) < 4.78 is 5.61.